The molecule has 21 heavy (non-hydrogen) atoms. The van der Waals surface area contributed by atoms with Gasteiger partial charge in [-0.3, -0.25) is 4.79 Å². The van der Waals surface area contributed by atoms with Crippen LogP contribution in [0, 0.1) is 5.92 Å². The number of benzene rings is 1. The highest BCUT2D eigenvalue weighted by Gasteiger charge is 2.36. The molecule has 4 nitrogen and oxygen atoms in total. The number of nitrogens with zero attached hydrogens (tertiary/aromatic N) is 1. The minimum absolute atomic E-state index is 0. The molecule has 1 aliphatic heterocycles. The molecule has 5 heteroatoms. The van der Waals surface area contributed by atoms with Crippen molar-refractivity contribution in [2.45, 2.75) is 25.3 Å². The number of rotatable bonds is 4. The van der Waals surface area contributed by atoms with E-state index in [9.17, 15) is 4.79 Å². The van der Waals surface area contributed by atoms with Gasteiger partial charge in [0.2, 0.25) is 5.91 Å². The van der Waals surface area contributed by atoms with Gasteiger partial charge in [-0.05, 0) is 31.2 Å². The minimum Gasteiger partial charge on any atom is -0.384 e. The maximum absolute atomic E-state index is 12.7. The third-order valence-corrected chi connectivity index (χ3v) is 4.03. The molecule has 0 spiro atoms. The predicted octanol–water partition coefficient (Wildman–Crippen LogP) is 2.17. The van der Waals surface area contributed by atoms with E-state index in [-0.39, 0.29) is 18.3 Å². The summed E-state index contributed by atoms with van der Waals surface area (Å²) in [5, 5.41) is 0. The Bertz CT molecular complexity index is 449. The molecule has 0 bridgehead atoms. The maximum Gasteiger partial charge on any atom is 0.246 e. The van der Waals surface area contributed by atoms with Gasteiger partial charge >= 0.3 is 0 Å². The summed E-state index contributed by atoms with van der Waals surface area (Å²) in [5.74, 6) is 0.425. The molecule has 1 fully saturated rings. The van der Waals surface area contributed by atoms with Crippen LogP contribution in [-0.2, 0) is 15.1 Å². The number of piperidine rings is 1. The summed E-state index contributed by atoms with van der Waals surface area (Å²) in [5.41, 5.74) is 6.21. The Kier molecular flexibility index (Phi) is 6.65. The molecule has 1 heterocycles. The van der Waals surface area contributed by atoms with Crippen LogP contribution in [0.2, 0.25) is 0 Å². The molecule has 1 aliphatic rings. The fourth-order valence-electron chi connectivity index (χ4n) is 2.86. The Balaban J connectivity index is 0.00000220. The topological polar surface area (TPSA) is 55.6 Å². The molecule has 118 valence electrons. The van der Waals surface area contributed by atoms with Crippen LogP contribution in [0.15, 0.2) is 30.3 Å². The second-order valence-electron chi connectivity index (χ2n) is 5.78. The van der Waals surface area contributed by atoms with Crippen LogP contribution in [-0.4, -0.2) is 37.6 Å². The average Bonchev–Trinajstić information content (AvgIpc) is 2.48. The number of ether oxygens (including phenoxy) is 1. The van der Waals surface area contributed by atoms with E-state index in [0.717, 1.165) is 31.5 Å². The van der Waals surface area contributed by atoms with Gasteiger partial charge in [0.25, 0.3) is 0 Å². The Morgan fingerprint density at radius 3 is 2.71 bits per heavy atom. The molecule has 1 saturated heterocycles. The number of halogens is 1. The summed E-state index contributed by atoms with van der Waals surface area (Å²) >= 11 is 0. The molecule has 1 amide bonds. The standard InChI is InChI=1S/C16H24N2O2.ClH/c1-16(17,14-8-4-3-5-9-14)15(19)18-10-6-7-13(11-18)12-20-2;/h3-5,8-9,13H,6-7,10-12,17H2,1-2H3;1H. The lowest BCUT2D eigenvalue weighted by molar-refractivity contribution is -0.139. The lowest BCUT2D eigenvalue weighted by Gasteiger charge is -2.37. The molecule has 2 N–H and O–H groups in total. The third kappa shape index (κ3) is 4.19. The lowest BCUT2D eigenvalue weighted by Crippen LogP contribution is -2.53. The van der Waals surface area contributed by atoms with Gasteiger partial charge < -0.3 is 15.4 Å². The number of amides is 1. The van der Waals surface area contributed by atoms with Crippen molar-refractivity contribution in [1.82, 2.24) is 4.90 Å². The number of likely N-dealkylation sites (tertiary alicyclic amines) is 1. The number of carbonyl (C=O) groups excluding carboxylic acids is 1. The first kappa shape index (κ1) is 18.0. The van der Waals surface area contributed by atoms with E-state index in [2.05, 4.69) is 0 Å². The van der Waals surface area contributed by atoms with E-state index < -0.39 is 5.54 Å². The van der Waals surface area contributed by atoms with Crippen molar-refractivity contribution >= 4 is 18.3 Å². The zero-order valence-corrected chi connectivity index (χ0v) is 13.6. The second kappa shape index (κ2) is 7.78. The van der Waals surface area contributed by atoms with E-state index in [1.54, 1.807) is 14.0 Å². The second-order valence-corrected chi connectivity index (χ2v) is 5.78. The number of methoxy groups -OCH3 is 1. The van der Waals surface area contributed by atoms with Gasteiger partial charge in [0.05, 0.1) is 6.61 Å². The number of hydrogen-bond acceptors (Lipinski definition) is 3. The minimum atomic E-state index is -0.962. The quantitative estimate of drug-likeness (QED) is 0.927. The Morgan fingerprint density at radius 2 is 2.10 bits per heavy atom. The van der Waals surface area contributed by atoms with Gasteiger partial charge in [-0.1, -0.05) is 30.3 Å². The smallest absolute Gasteiger partial charge is 0.246 e. The summed E-state index contributed by atoms with van der Waals surface area (Å²) in [7, 11) is 1.71. The normalized spacial score (nSPS) is 21.3. The monoisotopic (exact) mass is 312 g/mol. The van der Waals surface area contributed by atoms with Crippen LogP contribution >= 0.6 is 12.4 Å². The Morgan fingerprint density at radius 1 is 1.43 bits per heavy atom. The summed E-state index contributed by atoms with van der Waals surface area (Å²) < 4.78 is 5.21. The summed E-state index contributed by atoms with van der Waals surface area (Å²) in [4.78, 5) is 14.6. The van der Waals surface area contributed by atoms with Gasteiger partial charge in [0.1, 0.15) is 5.54 Å². The average molecular weight is 313 g/mol. The lowest BCUT2D eigenvalue weighted by atomic mass is 9.89. The summed E-state index contributed by atoms with van der Waals surface area (Å²) in [6.45, 7) is 4.03. The third-order valence-electron chi connectivity index (χ3n) is 4.03. The highest BCUT2D eigenvalue weighted by atomic mass is 35.5. The van der Waals surface area contributed by atoms with Gasteiger partial charge in [0, 0.05) is 20.2 Å². The van der Waals surface area contributed by atoms with Crippen LogP contribution in [0.1, 0.15) is 25.3 Å². The highest BCUT2D eigenvalue weighted by molar-refractivity contribution is 5.87. The van der Waals surface area contributed by atoms with Gasteiger partial charge in [-0.25, -0.2) is 0 Å². The summed E-state index contributed by atoms with van der Waals surface area (Å²) in [6, 6.07) is 9.58. The first-order valence-electron chi connectivity index (χ1n) is 7.18. The SMILES string of the molecule is COCC1CCCN(C(=O)C(C)(N)c2ccccc2)C1.Cl. The van der Waals surface area contributed by atoms with Crippen molar-refractivity contribution in [2.75, 3.05) is 26.8 Å². The number of hydrogen-bond donors (Lipinski definition) is 1. The van der Waals surface area contributed by atoms with Crippen LogP contribution in [0.5, 0.6) is 0 Å². The van der Waals surface area contributed by atoms with Crippen molar-refractivity contribution in [3.63, 3.8) is 0 Å². The van der Waals surface area contributed by atoms with Crippen LogP contribution < -0.4 is 5.73 Å². The van der Waals surface area contributed by atoms with E-state index >= 15 is 0 Å². The number of nitrogens with two attached hydrogens (primary N) is 1. The Hall–Kier alpha value is -1.10. The molecule has 2 unspecified atom stereocenters. The zero-order chi connectivity index (χ0) is 14.6. The van der Waals surface area contributed by atoms with E-state index in [1.165, 1.54) is 0 Å². The van der Waals surface area contributed by atoms with Crippen LogP contribution in [0.25, 0.3) is 0 Å². The molecule has 0 aromatic heterocycles. The number of carbonyl (C=O) groups is 1. The largest absolute Gasteiger partial charge is 0.384 e. The molecule has 0 aliphatic carbocycles. The van der Waals surface area contributed by atoms with E-state index in [4.69, 9.17) is 10.5 Å². The van der Waals surface area contributed by atoms with Crippen molar-refractivity contribution in [2.24, 2.45) is 11.7 Å². The van der Waals surface area contributed by atoms with Gasteiger partial charge in [-0.2, -0.15) is 0 Å². The molecule has 0 saturated carbocycles. The molecule has 2 atom stereocenters. The van der Waals surface area contributed by atoms with E-state index in [1.807, 2.05) is 35.2 Å². The summed E-state index contributed by atoms with van der Waals surface area (Å²) in [6.07, 6.45) is 2.13. The first-order chi connectivity index (χ1) is 9.55. The molecule has 1 aromatic carbocycles. The van der Waals surface area contributed by atoms with Crippen molar-refractivity contribution in [3.05, 3.63) is 35.9 Å². The van der Waals surface area contributed by atoms with Gasteiger partial charge in [0.15, 0.2) is 0 Å². The molecule has 2 rings (SSSR count). The van der Waals surface area contributed by atoms with Crippen molar-refractivity contribution in [3.8, 4) is 0 Å². The first-order valence-corrected chi connectivity index (χ1v) is 7.18. The van der Waals surface area contributed by atoms with Crippen molar-refractivity contribution in [1.29, 1.82) is 0 Å². The Labute approximate surface area is 133 Å². The molecular weight excluding hydrogens is 288 g/mol. The molecule has 0 radical (unpaired) electrons. The predicted molar refractivity (Wildman–Crippen MR) is 86.4 cm³/mol. The van der Waals surface area contributed by atoms with Crippen LogP contribution in [0.4, 0.5) is 0 Å². The van der Waals surface area contributed by atoms with Gasteiger partial charge in [-0.15, -0.1) is 12.4 Å². The highest BCUT2D eigenvalue weighted by Crippen LogP contribution is 2.24. The molecular formula is C16H25ClN2O2. The zero-order valence-electron chi connectivity index (χ0n) is 12.7. The fraction of sp³-hybridized carbons (Fsp3) is 0.562. The maximum atomic E-state index is 12.7. The van der Waals surface area contributed by atoms with E-state index in [0.29, 0.717) is 12.5 Å². The molecule has 1 aromatic rings. The fourth-order valence-corrected chi connectivity index (χ4v) is 2.86. The van der Waals surface area contributed by atoms with Crippen molar-refractivity contribution < 1.29 is 9.53 Å². The van der Waals surface area contributed by atoms with Crippen LogP contribution in [0.3, 0.4) is 0 Å².